The normalized spacial score (nSPS) is 14.9. The Labute approximate surface area is 245 Å². The van der Waals surface area contributed by atoms with Crippen LogP contribution in [0, 0.1) is 0 Å². The minimum atomic E-state index is -2.11. The molecule has 0 aromatic heterocycles. The first-order valence-corrected chi connectivity index (χ1v) is 17.8. The van der Waals surface area contributed by atoms with Crippen LogP contribution in [-0.2, 0) is 25.3 Å². The third-order valence-electron chi connectivity index (χ3n) is 7.63. The van der Waals surface area contributed by atoms with Gasteiger partial charge in [-0.05, 0) is 61.5 Å². The zero-order valence-electron chi connectivity index (χ0n) is 26.4. The highest BCUT2D eigenvalue weighted by Gasteiger charge is 2.40. The second-order valence-electron chi connectivity index (χ2n) is 12.0. The Morgan fingerprint density at radius 3 is 2.23 bits per heavy atom. The van der Waals surface area contributed by atoms with Crippen LogP contribution in [0.25, 0.3) is 0 Å². The lowest BCUT2D eigenvalue weighted by Gasteiger charge is -2.40. The number of carbonyl (C=O) groups is 1. The molecular weight excluding hydrogens is 520 g/mol. The first-order valence-electron chi connectivity index (χ1n) is 14.9. The quantitative estimate of drug-likeness (QED) is 0.0731. The largest absolute Gasteiger partial charge is 0.497 e. The van der Waals surface area contributed by atoms with E-state index in [-0.39, 0.29) is 23.2 Å². The van der Waals surface area contributed by atoms with Gasteiger partial charge in [0.2, 0.25) is 0 Å². The number of benzene rings is 1. The molecule has 0 saturated carbocycles. The summed E-state index contributed by atoms with van der Waals surface area (Å²) in [5.74, 6) is 0.676. The Kier molecular flexibility index (Phi) is 17.4. The number of aliphatic hydroxyl groups is 1. The molecule has 0 fully saturated rings. The second-order valence-corrected chi connectivity index (χ2v) is 16.7. The lowest BCUT2D eigenvalue weighted by molar-refractivity contribution is -0.140. The van der Waals surface area contributed by atoms with E-state index < -0.39 is 14.4 Å². The molecule has 0 aliphatic carbocycles. The molecule has 1 N–H and O–H groups in total. The summed E-state index contributed by atoms with van der Waals surface area (Å²) in [6, 6.07) is 7.94. The summed E-state index contributed by atoms with van der Waals surface area (Å²) < 4.78 is 23.4. The van der Waals surface area contributed by atoms with Gasteiger partial charge in [-0.15, -0.1) is 0 Å². The summed E-state index contributed by atoms with van der Waals surface area (Å²) >= 11 is 0. The molecule has 0 amide bonds. The fourth-order valence-corrected chi connectivity index (χ4v) is 5.23. The monoisotopic (exact) mass is 576 g/mol. The van der Waals surface area contributed by atoms with Gasteiger partial charge in [0.25, 0.3) is 0 Å². The van der Waals surface area contributed by atoms with E-state index in [0.717, 1.165) is 56.3 Å². The predicted octanol–water partition coefficient (Wildman–Crippen LogP) is 8.15. The first-order chi connectivity index (χ1) is 18.9. The van der Waals surface area contributed by atoms with Gasteiger partial charge < -0.3 is 23.7 Å². The smallest absolute Gasteiger partial charge is 0.305 e. The van der Waals surface area contributed by atoms with Gasteiger partial charge in [-0.3, -0.25) is 4.79 Å². The fourth-order valence-electron chi connectivity index (χ4n) is 3.96. The van der Waals surface area contributed by atoms with Crippen LogP contribution in [-0.4, -0.2) is 51.9 Å². The lowest BCUT2D eigenvalue weighted by atomic mass is 10.0. The Hall–Kier alpha value is -1.93. The molecule has 40 heavy (non-hydrogen) atoms. The molecule has 0 saturated heterocycles. The van der Waals surface area contributed by atoms with Crippen molar-refractivity contribution < 1.29 is 28.5 Å². The molecule has 1 aromatic rings. The van der Waals surface area contributed by atoms with Gasteiger partial charge in [0.05, 0.1) is 39.1 Å². The molecule has 228 valence electrons. The Morgan fingerprint density at radius 1 is 0.975 bits per heavy atom. The van der Waals surface area contributed by atoms with Crippen LogP contribution < -0.4 is 4.74 Å². The van der Waals surface area contributed by atoms with E-state index >= 15 is 0 Å². The zero-order chi connectivity index (χ0) is 30.0. The number of aliphatic hydroxyl groups excluding tert-OH is 1. The summed E-state index contributed by atoms with van der Waals surface area (Å²) in [7, 11) is 0.980. The Morgan fingerprint density at radius 2 is 1.62 bits per heavy atom. The highest BCUT2D eigenvalue weighted by atomic mass is 28.4. The average molecular weight is 577 g/mol. The minimum absolute atomic E-state index is 0.0470. The van der Waals surface area contributed by atoms with Crippen molar-refractivity contribution in [1.29, 1.82) is 0 Å². The van der Waals surface area contributed by atoms with E-state index in [2.05, 4.69) is 57.7 Å². The molecule has 0 unspecified atom stereocenters. The van der Waals surface area contributed by atoms with Crippen molar-refractivity contribution in [2.24, 2.45) is 0 Å². The predicted molar refractivity (Wildman–Crippen MR) is 167 cm³/mol. The van der Waals surface area contributed by atoms with Gasteiger partial charge in [0.15, 0.2) is 8.32 Å². The topological polar surface area (TPSA) is 74.2 Å². The highest BCUT2D eigenvalue weighted by molar-refractivity contribution is 6.74. The molecule has 0 aliphatic rings. The van der Waals surface area contributed by atoms with Crippen LogP contribution in [0.1, 0.15) is 91.0 Å². The van der Waals surface area contributed by atoms with Gasteiger partial charge in [-0.2, -0.15) is 0 Å². The molecule has 1 rings (SSSR count). The number of ether oxygens (including phenoxy) is 3. The van der Waals surface area contributed by atoms with E-state index in [9.17, 15) is 9.90 Å². The molecule has 6 nitrogen and oxygen atoms in total. The molecule has 0 spiro atoms. The molecule has 0 radical (unpaired) electrons. The third-order valence-corrected chi connectivity index (χ3v) is 12.1. The number of hydrogen-bond donors (Lipinski definition) is 1. The standard InChI is InChI=1S/C33H56O6Si/c1-9-10-14-18-30(38-26-27-20-23-29(36-5)24-21-27)31(39-40(7,8)33(2,3)4)25-22-28(34)17-15-12-11-13-16-19-32(35)37-6/h10,14,20-25,28,30-31,34H,9,11-13,15-19,26H2,1-8H3/b14-10-,25-22+/t28-,30-,31+/m0/s1. The summed E-state index contributed by atoms with van der Waals surface area (Å²) in [6.45, 7) is 13.8. The average Bonchev–Trinajstić information content (AvgIpc) is 2.91. The molecule has 0 aliphatic heterocycles. The summed E-state index contributed by atoms with van der Waals surface area (Å²) in [6.07, 6.45) is 15.0. The van der Waals surface area contributed by atoms with Crippen molar-refractivity contribution in [1.82, 2.24) is 0 Å². The van der Waals surface area contributed by atoms with Crippen LogP contribution in [0.4, 0.5) is 0 Å². The van der Waals surface area contributed by atoms with Crippen molar-refractivity contribution >= 4 is 14.3 Å². The number of allylic oxidation sites excluding steroid dienone is 1. The van der Waals surface area contributed by atoms with Crippen molar-refractivity contribution in [2.45, 2.75) is 129 Å². The van der Waals surface area contributed by atoms with E-state index in [1.165, 1.54) is 7.11 Å². The van der Waals surface area contributed by atoms with Crippen molar-refractivity contribution in [3.63, 3.8) is 0 Å². The summed E-state index contributed by atoms with van der Waals surface area (Å²) in [5, 5.41) is 10.8. The summed E-state index contributed by atoms with van der Waals surface area (Å²) in [4.78, 5) is 11.2. The Bertz CT molecular complexity index is 872. The van der Waals surface area contributed by atoms with E-state index in [1.807, 2.05) is 36.4 Å². The van der Waals surface area contributed by atoms with Crippen molar-refractivity contribution in [2.75, 3.05) is 14.2 Å². The molecule has 7 heteroatoms. The Balaban J connectivity index is 2.91. The maximum atomic E-state index is 11.2. The maximum Gasteiger partial charge on any atom is 0.305 e. The number of carbonyl (C=O) groups excluding carboxylic acids is 1. The lowest BCUT2D eigenvalue weighted by Crippen LogP contribution is -2.47. The van der Waals surface area contributed by atoms with Crippen molar-refractivity contribution in [3.05, 3.63) is 54.1 Å². The number of esters is 1. The number of methoxy groups -OCH3 is 2. The van der Waals surface area contributed by atoms with Crippen LogP contribution >= 0.6 is 0 Å². The minimum Gasteiger partial charge on any atom is -0.497 e. The number of rotatable bonds is 20. The van der Waals surface area contributed by atoms with Crippen LogP contribution in [0.5, 0.6) is 5.75 Å². The first kappa shape index (κ1) is 36.1. The van der Waals surface area contributed by atoms with Crippen LogP contribution in [0.3, 0.4) is 0 Å². The van der Waals surface area contributed by atoms with Crippen LogP contribution in [0.2, 0.25) is 18.1 Å². The van der Waals surface area contributed by atoms with E-state index in [0.29, 0.717) is 19.4 Å². The number of hydrogen-bond acceptors (Lipinski definition) is 6. The number of unbranched alkanes of at least 4 members (excludes halogenated alkanes) is 4. The zero-order valence-corrected chi connectivity index (χ0v) is 27.4. The molecule has 0 heterocycles. The SMILES string of the molecule is CC/C=C\C[C@H](OCc1ccc(OC)cc1)[C@@H](/C=C/[C@@H](O)CCCCCCCC(=O)OC)O[Si](C)(C)C(C)(C)C. The maximum absolute atomic E-state index is 11.2. The molecule has 1 aromatic carbocycles. The van der Waals surface area contributed by atoms with Crippen molar-refractivity contribution in [3.8, 4) is 5.75 Å². The van der Waals surface area contributed by atoms with Gasteiger partial charge in [0.1, 0.15) is 5.75 Å². The second kappa shape index (κ2) is 19.2. The summed E-state index contributed by atoms with van der Waals surface area (Å²) in [5.41, 5.74) is 1.08. The molecule has 0 bridgehead atoms. The van der Waals surface area contributed by atoms with Gasteiger partial charge in [-0.1, -0.05) is 89.8 Å². The molecular formula is C33H56O6Si. The van der Waals surface area contributed by atoms with Gasteiger partial charge in [-0.25, -0.2) is 0 Å². The van der Waals surface area contributed by atoms with Crippen LogP contribution in [0.15, 0.2) is 48.6 Å². The van der Waals surface area contributed by atoms with E-state index in [4.69, 9.17) is 13.9 Å². The fraction of sp³-hybridized carbons (Fsp3) is 0.667. The highest BCUT2D eigenvalue weighted by Crippen LogP contribution is 2.38. The molecule has 3 atom stereocenters. The van der Waals surface area contributed by atoms with Gasteiger partial charge >= 0.3 is 5.97 Å². The third kappa shape index (κ3) is 14.6. The van der Waals surface area contributed by atoms with E-state index in [1.54, 1.807) is 7.11 Å². The van der Waals surface area contributed by atoms with Gasteiger partial charge in [0, 0.05) is 6.42 Å².